The van der Waals surface area contributed by atoms with Gasteiger partial charge in [0.15, 0.2) is 0 Å². The molecule has 1 aliphatic heterocycles. The molecule has 5 heteroatoms. The number of amides is 2. The van der Waals surface area contributed by atoms with E-state index in [9.17, 15) is 9.59 Å². The summed E-state index contributed by atoms with van der Waals surface area (Å²) >= 11 is 1.41. The van der Waals surface area contributed by atoms with Crippen LogP contribution in [-0.2, 0) is 4.79 Å². The molecule has 1 aromatic heterocycles. The molecule has 1 aromatic carbocycles. The lowest BCUT2D eigenvalue weighted by atomic mass is 10.1. The molecule has 1 fully saturated rings. The summed E-state index contributed by atoms with van der Waals surface area (Å²) in [5.74, 6) is -0.0787. The van der Waals surface area contributed by atoms with Gasteiger partial charge in [-0.15, -0.1) is 11.3 Å². The van der Waals surface area contributed by atoms with Crippen molar-refractivity contribution < 1.29 is 9.59 Å². The van der Waals surface area contributed by atoms with Crippen molar-refractivity contribution in [2.24, 2.45) is 0 Å². The van der Waals surface area contributed by atoms with E-state index in [0.717, 1.165) is 5.69 Å². The molecule has 1 unspecified atom stereocenters. The second-order valence-electron chi connectivity index (χ2n) is 5.91. The Labute approximate surface area is 140 Å². The Kier molecular flexibility index (Phi) is 4.22. The maximum atomic E-state index is 12.7. The van der Waals surface area contributed by atoms with Crippen LogP contribution in [0.5, 0.6) is 0 Å². The summed E-state index contributed by atoms with van der Waals surface area (Å²) in [6.45, 7) is 6.99. The number of anilines is 1. The fraction of sp³-hybridized carbons (Fsp3) is 0.333. The Morgan fingerprint density at radius 1 is 1.17 bits per heavy atom. The average Bonchev–Trinajstić information content (AvgIpc) is 3.06. The molecule has 0 spiro atoms. The summed E-state index contributed by atoms with van der Waals surface area (Å²) < 4.78 is 0. The van der Waals surface area contributed by atoms with Gasteiger partial charge in [0, 0.05) is 18.8 Å². The Balaban J connectivity index is 1.81. The fourth-order valence-corrected chi connectivity index (χ4v) is 3.52. The van der Waals surface area contributed by atoms with Gasteiger partial charge in [0.2, 0.25) is 5.91 Å². The second-order valence-corrected chi connectivity index (χ2v) is 6.86. The SMILES string of the molecule is Cc1ccc(N2CCN(C(=O)c3cccs3)C(C)C2=O)cc1C. The highest BCUT2D eigenvalue weighted by Crippen LogP contribution is 2.24. The van der Waals surface area contributed by atoms with Crippen molar-refractivity contribution in [1.29, 1.82) is 0 Å². The Morgan fingerprint density at radius 2 is 1.96 bits per heavy atom. The minimum atomic E-state index is -0.444. The molecule has 1 atom stereocenters. The molecule has 1 saturated heterocycles. The number of carbonyl (C=O) groups excluding carboxylic acids is 2. The predicted molar refractivity (Wildman–Crippen MR) is 93.1 cm³/mol. The van der Waals surface area contributed by atoms with Crippen LogP contribution in [0.3, 0.4) is 0 Å². The molecule has 0 bridgehead atoms. The maximum absolute atomic E-state index is 12.7. The highest BCUT2D eigenvalue weighted by Gasteiger charge is 2.35. The van der Waals surface area contributed by atoms with Crippen molar-refractivity contribution in [3.63, 3.8) is 0 Å². The van der Waals surface area contributed by atoms with Crippen molar-refractivity contribution >= 4 is 28.8 Å². The van der Waals surface area contributed by atoms with Gasteiger partial charge in [-0.3, -0.25) is 9.59 Å². The van der Waals surface area contributed by atoms with Gasteiger partial charge >= 0.3 is 0 Å². The zero-order chi connectivity index (χ0) is 16.6. The quantitative estimate of drug-likeness (QED) is 0.849. The van der Waals surface area contributed by atoms with Crippen LogP contribution in [0.4, 0.5) is 5.69 Å². The fourth-order valence-electron chi connectivity index (χ4n) is 2.84. The molecule has 2 heterocycles. The second kappa shape index (κ2) is 6.16. The molecular weight excluding hydrogens is 308 g/mol. The third-order valence-corrected chi connectivity index (χ3v) is 5.31. The van der Waals surface area contributed by atoms with Crippen molar-refractivity contribution in [3.8, 4) is 0 Å². The van der Waals surface area contributed by atoms with E-state index in [1.165, 1.54) is 22.5 Å². The number of aryl methyl sites for hydroxylation is 2. The van der Waals surface area contributed by atoms with Crippen molar-refractivity contribution in [1.82, 2.24) is 4.90 Å². The highest BCUT2D eigenvalue weighted by molar-refractivity contribution is 7.12. The molecule has 4 nitrogen and oxygen atoms in total. The first-order chi connectivity index (χ1) is 11.0. The molecule has 0 saturated carbocycles. The summed E-state index contributed by atoms with van der Waals surface area (Å²) in [6, 6.07) is 9.27. The molecule has 3 rings (SSSR count). The zero-order valence-electron chi connectivity index (χ0n) is 13.6. The van der Waals surface area contributed by atoms with E-state index < -0.39 is 6.04 Å². The maximum Gasteiger partial charge on any atom is 0.264 e. The van der Waals surface area contributed by atoms with Crippen molar-refractivity contribution in [2.75, 3.05) is 18.0 Å². The number of rotatable bonds is 2. The van der Waals surface area contributed by atoms with Gasteiger partial charge in [0.05, 0.1) is 4.88 Å². The van der Waals surface area contributed by atoms with Crippen LogP contribution in [0.25, 0.3) is 0 Å². The summed E-state index contributed by atoms with van der Waals surface area (Å²) in [4.78, 5) is 29.4. The normalized spacial score (nSPS) is 18.4. The van der Waals surface area contributed by atoms with E-state index in [1.54, 1.807) is 22.8 Å². The number of hydrogen-bond donors (Lipinski definition) is 0. The first-order valence-electron chi connectivity index (χ1n) is 7.72. The van der Waals surface area contributed by atoms with E-state index in [4.69, 9.17) is 0 Å². The number of piperazine rings is 1. The minimum Gasteiger partial charge on any atom is -0.324 e. The topological polar surface area (TPSA) is 40.6 Å². The number of thiophene rings is 1. The third kappa shape index (κ3) is 2.88. The van der Waals surface area contributed by atoms with Gasteiger partial charge in [-0.2, -0.15) is 0 Å². The van der Waals surface area contributed by atoms with Gasteiger partial charge in [-0.25, -0.2) is 0 Å². The predicted octanol–water partition coefficient (Wildman–Crippen LogP) is 3.24. The van der Waals surface area contributed by atoms with Crippen LogP contribution < -0.4 is 4.90 Å². The number of nitrogens with zero attached hydrogens (tertiary/aromatic N) is 2. The molecule has 0 N–H and O–H groups in total. The standard InChI is InChI=1S/C18H20N2O2S/c1-12-6-7-15(11-13(12)2)20-9-8-19(14(3)17(20)21)18(22)16-5-4-10-23-16/h4-7,10-11,14H,8-9H2,1-3H3. The van der Waals surface area contributed by atoms with Gasteiger partial charge in [0.1, 0.15) is 6.04 Å². The van der Waals surface area contributed by atoms with E-state index in [2.05, 4.69) is 6.92 Å². The summed E-state index contributed by atoms with van der Waals surface area (Å²) in [5.41, 5.74) is 3.29. The smallest absolute Gasteiger partial charge is 0.264 e. The van der Waals surface area contributed by atoms with Gasteiger partial charge < -0.3 is 9.80 Å². The first kappa shape index (κ1) is 15.7. The lowest BCUT2D eigenvalue weighted by molar-refractivity contribution is -0.124. The summed E-state index contributed by atoms with van der Waals surface area (Å²) in [5, 5.41) is 1.88. The monoisotopic (exact) mass is 328 g/mol. The Bertz CT molecular complexity index is 739. The van der Waals surface area contributed by atoms with Gasteiger partial charge in [-0.1, -0.05) is 12.1 Å². The largest absolute Gasteiger partial charge is 0.324 e. The third-order valence-electron chi connectivity index (χ3n) is 4.45. The Hall–Kier alpha value is -2.14. The van der Waals surface area contributed by atoms with Crippen LogP contribution in [0.2, 0.25) is 0 Å². The molecule has 2 aromatic rings. The van der Waals surface area contributed by atoms with Crippen LogP contribution >= 0.6 is 11.3 Å². The molecule has 23 heavy (non-hydrogen) atoms. The Morgan fingerprint density at radius 3 is 2.61 bits per heavy atom. The highest BCUT2D eigenvalue weighted by atomic mass is 32.1. The first-order valence-corrected chi connectivity index (χ1v) is 8.60. The van der Waals surface area contributed by atoms with Crippen LogP contribution in [-0.4, -0.2) is 35.8 Å². The van der Waals surface area contributed by atoms with E-state index in [-0.39, 0.29) is 11.8 Å². The van der Waals surface area contributed by atoms with Crippen molar-refractivity contribution in [3.05, 3.63) is 51.7 Å². The number of carbonyl (C=O) groups is 2. The van der Waals surface area contributed by atoms with Gasteiger partial charge in [0.25, 0.3) is 5.91 Å². The zero-order valence-corrected chi connectivity index (χ0v) is 14.4. The molecule has 0 aliphatic carbocycles. The number of benzene rings is 1. The molecular formula is C18H20N2O2S. The molecule has 2 amide bonds. The van der Waals surface area contributed by atoms with Crippen LogP contribution in [0.15, 0.2) is 35.7 Å². The average molecular weight is 328 g/mol. The van der Waals surface area contributed by atoms with E-state index >= 15 is 0 Å². The molecule has 0 radical (unpaired) electrons. The number of hydrogen-bond acceptors (Lipinski definition) is 3. The molecule has 1 aliphatic rings. The van der Waals surface area contributed by atoms with Crippen LogP contribution in [0.1, 0.15) is 27.7 Å². The summed E-state index contributed by atoms with van der Waals surface area (Å²) in [7, 11) is 0. The minimum absolute atomic E-state index is 0.0237. The van der Waals surface area contributed by atoms with Crippen molar-refractivity contribution in [2.45, 2.75) is 26.8 Å². The lowest BCUT2D eigenvalue weighted by Crippen LogP contribution is -2.57. The molecule has 120 valence electrons. The van der Waals surface area contributed by atoms with Crippen LogP contribution in [0, 0.1) is 13.8 Å². The van der Waals surface area contributed by atoms with Gasteiger partial charge in [-0.05, 0) is 55.5 Å². The van der Waals surface area contributed by atoms with E-state index in [1.807, 2.05) is 36.6 Å². The van der Waals surface area contributed by atoms with E-state index in [0.29, 0.717) is 18.0 Å². The lowest BCUT2D eigenvalue weighted by Gasteiger charge is -2.39. The summed E-state index contributed by atoms with van der Waals surface area (Å²) in [6.07, 6.45) is 0.